The summed E-state index contributed by atoms with van der Waals surface area (Å²) >= 11 is 0. The molecule has 0 heterocycles. The molecular weight excluding hydrogens is 186 g/mol. The molecule has 0 amide bonds. The third-order valence-electron chi connectivity index (χ3n) is 2.11. The molecular formula is C12H31N3. The predicted octanol–water partition coefficient (Wildman–Crippen LogP) is 1.51. The standard InChI is InChI=1S/C10H25N3.C2H6/c1-11-7-5-9-13(4)10-6-8-12(2)3;1-2/h11H,5-10H2,1-4H3;1-2H3. The van der Waals surface area contributed by atoms with Gasteiger partial charge in [0.15, 0.2) is 0 Å². The van der Waals surface area contributed by atoms with Gasteiger partial charge in [-0.1, -0.05) is 13.8 Å². The summed E-state index contributed by atoms with van der Waals surface area (Å²) in [6, 6.07) is 0. The van der Waals surface area contributed by atoms with Crippen LogP contribution in [0.4, 0.5) is 0 Å². The van der Waals surface area contributed by atoms with Crippen LogP contribution in [0.25, 0.3) is 0 Å². The molecule has 0 radical (unpaired) electrons. The lowest BCUT2D eigenvalue weighted by molar-refractivity contribution is 0.297. The number of nitrogens with one attached hydrogen (secondary N) is 1. The zero-order valence-corrected chi connectivity index (χ0v) is 11.6. The maximum atomic E-state index is 3.16. The van der Waals surface area contributed by atoms with E-state index >= 15 is 0 Å². The molecule has 3 heteroatoms. The number of hydrogen-bond acceptors (Lipinski definition) is 3. The summed E-state index contributed by atoms with van der Waals surface area (Å²) < 4.78 is 0. The van der Waals surface area contributed by atoms with E-state index in [2.05, 4.69) is 36.3 Å². The third kappa shape index (κ3) is 16.5. The fourth-order valence-corrected chi connectivity index (χ4v) is 1.29. The second-order valence-electron chi connectivity index (χ2n) is 3.92. The SMILES string of the molecule is CC.CNCCCN(C)CCCN(C)C. The van der Waals surface area contributed by atoms with Gasteiger partial charge in [-0.15, -0.1) is 0 Å². The number of hydrogen-bond donors (Lipinski definition) is 1. The zero-order chi connectivity index (χ0) is 12.1. The summed E-state index contributed by atoms with van der Waals surface area (Å²) in [5.74, 6) is 0. The maximum absolute atomic E-state index is 3.16. The van der Waals surface area contributed by atoms with Crippen LogP contribution in [0, 0.1) is 0 Å². The van der Waals surface area contributed by atoms with Gasteiger partial charge in [0.1, 0.15) is 0 Å². The van der Waals surface area contributed by atoms with Crippen molar-refractivity contribution in [2.75, 3.05) is 54.4 Å². The molecule has 0 aliphatic heterocycles. The minimum Gasteiger partial charge on any atom is -0.320 e. The Hall–Kier alpha value is -0.120. The molecule has 0 rings (SSSR count). The summed E-state index contributed by atoms with van der Waals surface area (Å²) in [6.45, 7) is 8.73. The van der Waals surface area contributed by atoms with Crippen LogP contribution in [0.2, 0.25) is 0 Å². The Morgan fingerprint density at radius 3 is 1.87 bits per heavy atom. The van der Waals surface area contributed by atoms with Gasteiger partial charge < -0.3 is 15.1 Å². The van der Waals surface area contributed by atoms with Gasteiger partial charge in [-0.25, -0.2) is 0 Å². The van der Waals surface area contributed by atoms with Crippen LogP contribution in [0.5, 0.6) is 0 Å². The zero-order valence-electron chi connectivity index (χ0n) is 11.6. The molecule has 0 aromatic heterocycles. The van der Waals surface area contributed by atoms with Crippen LogP contribution in [-0.4, -0.2) is 64.2 Å². The van der Waals surface area contributed by atoms with Gasteiger partial charge in [-0.05, 0) is 67.2 Å². The van der Waals surface area contributed by atoms with Gasteiger partial charge in [-0.3, -0.25) is 0 Å². The summed E-state index contributed by atoms with van der Waals surface area (Å²) in [5, 5.41) is 3.16. The Labute approximate surface area is 96.8 Å². The molecule has 94 valence electrons. The van der Waals surface area contributed by atoms with E-state index in [0.29, 0.717) is 0 Å². The smallest absolute Gasteiger partial charge is 0.000959 e. The largest absolute Gasteiger partial charge is 0.320 e. The average Bonchev–Trinajstić information content (AvgIpc) is 2.21. The highest BCUT2D eigenvalue weighted by atomic mass is 15.1. The number of nitrogens with zero attached hydrogens (tertiary/aromatic N) is 2. The first-order valence-corrected chi connectivity index (χ1v) is 6.14. The van der Waals surface area contributed by atoms with Gasteiger partial charge in [0.2, 0.25) is 0 Å². The van der Waals surface area contributed by atoms with E-state index in [9.17, 15) is 0 Å². The number of rotatable bonds is 8. The Kier molecular flexibility index (Phi) is 16.0. The van der Waals surface area contributed by atoms with Gasteiger partial charge in [0, 0.05) is 0 Å². The highest BCUT2D eigenvalue weighted by Gasteiger charge is 1.97. The maximum Gasteiger partial charge on any atom is -0.000959 e. The van der Waals surface area contributed by atoms with Crippen molar-refractivity contribution in [3.63, 3.8) is 0 Å². The molecule has 0 aliphatic carbocycles. The first kappa shape index (κ1) is 17.3. The van der Waals surface area contributed by atoms with E-state index < -0.39 is 0 Å². The summed E-state index contributed by atoms with van der Waals surface area (Å²) in [7, 11) is 8.46. The van der Waals surface area contributed by atoms with E-state index in [4.69, 9.17) is 0 Å². The van der Waals surface area contributed by atoms with Crippen molar-refractivity contribution in [2.45, 2.75) is 26.7 Å². The Morgan fingerprint density at radius 1 is 0.867 bits per heavy atom. The molecule has 1 N–H and O–H groups in total. The van der Waals surface area contributed by atoms with E-state index in [1.807, 2.05) is 20.9 Å². The lowest BCUT2D eigenvalue weighted by Crippen LogP contribution is -2.26. The summed E-state index contributed by atoms with van der Waals surface area (Å²) in [6.07, 6.45) is 2.51. The third-order valence-corrected chi connectivity index (χ3v) is 2.11. The van der Waals surface area contributed by atoms with E-state index in [1.165, 1.54) is 32.5 Å². The lowest BCUT2D eigenvalue weighted by Gasteiger charge is -2.17. The van der Waals surface area contributed by atoms with Crippen molar-refractivity contribution in [3.8, 4) is 0 Å². The summed E-state index contributed by atoms with van der Waals surface area (Å²) in [5.41, 5.74) is 0. The first-order chi connectivity index (χ1) is 7.16. The molecule has 15 heavy (non-hydrogen) atoms. The Bertz CT molecular complexity index is 105. The average molecular weight is 217 g/mol. The highest BCUT2D eigenvalue weighted by molar-refractivity contribution is 4.54. The Morgan fingerprint density at radius 2 is 1.40 bits per heavy atom. The molecule has 0 aromatic rings. The van der Waals surface area contributed by atoms with E-state index in [1.54, 1.807) is 0 Å². The molecule has 0 saturated heterocycles. The molecule has 0 aliphatic rings. The normalized spacial score (nSPS) is 10.4. The van der Waals surface area contributed by atoms with Crippen molar-refractivity contribution < 1.29 is 0 Å². The Balaban J connectivity index is 0. The van der Waals surface area contributed by atoms with Crippen LogP contribution in [0.1, 0.15) is 26.7 Å². The molecule has 0 fully saturated rings. The topological polar surface area (TPSA) is 18.5 Å². The van der Waals surface area contributed by atoms with Crippen LogP contribution < -0.4 is 5.32 Å². The van der Waals surface area contributed by atoms with E-state index in [-0.39, 0.29) is 0 Å². The van der Waals surface area contributed by atoms with Crippen molar-refractivity contribution >= 4 is 0 Å². The minimum absolute atomic E-state index is 1.12. The summed E-state index contributed by atoms with van der Waals surface area (Å²) in [4.78, 5) is 4.64. The molecule has 0 spiro atoms. The highest BCUT2D eigenvalue weighted by Crippen LogP contribution is 1.90. The monoisotopic (exact) mass is 217 g/mol. The van der Waals surface area contributed by atoms with Crippen LogP contribution in [-0.2, 0) is 0 Å². The first-order valence-electron chi connectivity index (χ1n) is 6.14. The van der Waals surface area contributed by atoms with Crippen molar-refractivity contribution in [3.05, 3.63) is 0 Å². The molecule has 0 saturated carbocycles. The van der Waals surface area contributed by atoms with Gasteiger partial charge in [-0.2, -0.15) is 0 Å². The molecule has 0 bridgehead atoms. The molecule has 0 atom stereocenters. The predicted molar refractivity (Wildman–Crippen MR) is 70.6 cm³/mol. The fourth-order valence-electron chi connectivity index (χ4n) is 1.29. The molecule has 0 unspecified atom stereocenters. The fraction of sp³-hybridized carbons (Fsp3) is 1.00. The van der Waals surface area contributed by atoms with Crippen molar-refractivity contribution in [1.82, 2.24) is 15.1 Å². The van der Waals surface area contributed by atoms with Gasteiger partial charge in [0.05, 0.1) is 0 Å². The van der Waals surface area contributed by atoms with Gasteiger partial charge >= 0.3 is 0 Å². The second-order valence-corrected chi connectivity index (χ2v) is 3.92. The van der Waals surface area contributed by atoms with Crippen LogP contribution >= 0.6 is 0 Å². The minimum atomic E-state index is 1.12. The lowest BCUT2D eigenvalue weighted by atomic mass is 10.3. The molecule has 0 aromatic carbocycles. The second kappa shape index (κ2) is 13.9. The van der Waals surface area contributed by atoms with Crippen molar-refractivity contribution in [2.24, 2.45) is 0 Å². The van der Waals surface area contributed by atoms with Crippen molar-refractivity contribution in [1.29, 1.82) is 0 Å². The van der Waals surface area contributed by atoms with E-state index in [0.717, 1.165) is 6.54 Å². The van der Waals surface area contributed by atoms with Crippen LogP contribution in [0.3, 0.4) is 0 Å². The quantitative estimate of drug-likeness (QED) is 0.622. The molecule has 3 nitrogen and oxygen atoms in total. The van der Waals surface area contributed by atoms with Crippen LogP contribution in [0.15, 0.2) is 0 Å². The van der Waals surface area contributed by atoms with Gasteiger partial charge in [0.25, 0.3) is 0 Å².